The van der Waals surface area contributed by atoms with Crippen LogP contribution in [-0.2, 0) is 10.8 Å². The highest BCUT2D eigenvalue weighted by Crippen LogP contribution is 2.56. The van der Waals surface area contributed by atoms with Gasteiger partial charge in [-0.1, -0.05) is 151 Å². The Kier molecular flexibility index (Phi) is 7.69. The van der Waals surface area contributed by atoms with Crippen LogP contribution in [0.4, 0.5) is 17.1 Å². The lowest BCUT2D eigenvalue weighted by Gasteiger charge is -2.32. The van der Waals surface area contributed by atoms with Crippen LogP contribution < -0.4 is 4.90 Å². The normalized spacial score (nSPS) is 17.9. The first kappa shape index (κ1) is 34.9. The third-order valence-corrected chi connectivity index (χ3v) is 15.5. The molecule has 0 bridgehead atoms. The lowest BCUT2D eigenvalue weighted by atomic mass is 9.81. The molecular weight excluding hydrogens is 727 g/mol. The molecule has 57 heavy (non-hydrogen) atoms. The van der Waals surface area contributed by atoms with E-state index < -0.39 is 0 Å². The number of anilines is 3. The molecule has 0 spiro atoms. The van der Waals surface area contributed by atoms with Crippen molar-refractivity contribution in [3.63, 3.8) is 0 Å². The van der Waals surface area contributed by atoms with Gasteiger partial charge in [0.2, 0.25) is 0 Å². The number of fused-ring (bicyclic) bond motifs is 10. The van der Waals surface area contributed by atoms with Crippen LogP contribution in [0, 0.1) is 5.92 Å². The van der Waals surface area contributed by atoms with Crippen molar-refractivity contribution in [1.29, 1.82) is 0 Å². The fourth-order valence-electron chi connectivity index (χ4n) is 9.84. The summed E-state index contributed by atoms with van der Waals surface area (Å²) in [6, 6.07) is 53.2. The first-order chi connectivity index (χ1) is 27.6. The maximum atomic E-state index is 2.56. The van der Waals surface area contributed by atoms with Crippen molar-refractivity contribution in [2.45, 2.75) is 62.5 Å². The molecule has 0 radical (unpaired) electrons. The molecule has 8 aromatic rings. The quantitative estimate of drug-likeness (QED) is 0.175. The van der Waals surface area contributed by atoms with Gasteiger partial charge in [0.15, 0.2) is 0 Å². The standard InChI is InChI=1S/C54H45NS2/c1-32-19-24-42(51-41-16-10-12-18-47(41)57-52(32)51)50-37-14-8-7-13-33(37)20-28-46(50)55(35-23-27-45-43(30-35)38-15-9-11-17-44(38)54(45,5)6)36-22-26-40-39-25-21-34(53(2,3)4)29-48(39)56-49(40)31-36/h7-32,52H,1-6H3/t32?,52-/m0/s1. The second-order valence-corrected chi connectivity index (χ2v) is 20.0. The minimum Gasteiger partial charge on any atom is -0.310 e. The Morgan fingerprint density at radius 1 is 0.614 bits per heavy atom. The summed E-state index contributed by atoms with van der Waals surface area (Å²) in [4.78, 5) is 3.94. The number of allylic oxidation sites excluding steroid dienone is 3. The molecule has 278 valence electrons. The number of thiophene rings is 1. The molecular formula is C54H45NS2. The van der Waals surface area contributed by atoms with Crippen LogP contribution >= 0.6 is 23.1 Å². The van der Waals surface area contributed by atoms with Gasteiger partial charge in [-0.15, -0.1) is 23.1 Å². The van der Waals surface area contributed by atoms with Crippen LogP contribution in [0.3, 0.4) is 0 Å². The summed E-state index contributed by atoms with van der Waals surface area (Å²) in [7, 11) is 0. The second kappa shape index (κ2) is 12.6. The number of hydrogen-bond donors (Lipinski definition) is 0. The number of thioether (sulfide) groups is 1. The van der Waals surface area contributed by atoms with Crippen LogP contribution in [0.2, 0.25) is 0 Å². The van der Waals surface area contributed by atoms with E-state index in [1.807, 2.05) is 23.1 Å². The Labute approximate surface area is 344 Å². The van der Waals surface area contributed by atoms with Gasteiger partial charge in [-0.3, -0.25) is 0 Å². The number of rotatable bonds is 4. The van der Waals surface area contributed by atoms with E-state index in [1.54, 1.807) is 0 Å². The van der Waals surface area contributed by atoms with Gasteiger partial charge in [0.25, 0.3) is 0 Å². The van der Waals surface area contributed by atoms with Gasteiger partial charge in [-0.05, 0) is 109 Å². The second-order valence-electron chi connectivity index (χ2n) is 17.7. The van der Waals surface area contributed by atoms with E-state index in [0.717, 1.165) is 0 Å². The Balaban J connectivity index is 1.20. The molecule has 1 aliphatic heterocycles. The van der Waals surface area contributed by atoms with Crippen molar-refractivity contribution in [1.82, 2.24) is 0 Å². The van der Waals surface area contributed by atoms with Crippen LogP contribution in [0.15, 0.2) is 157 Å². The summed E-state index contributed by atoms with van der Waals surface area (Å²) in [6.45, 7) is 14.0. The minimum atomic E-state index is -0.0656. The highest BCUT2D eigenvalue weighted by atomic mass is 32.2. The summed E-state index contributed by atoms with van der Waals surface area (Å²) in [6.07, 6.45) is 4.88. The Morgan fingerprint density at radius 2 is 1.30 bits per heavy atom. The summed E-state index contributed by atoms with van der Waals surface area (Å²) in [5.41, 5.74) is 15.9. The molecule has 2 aliphatic carbocycles. The monoisotopic (exact) mass is 771 g/mol. The molecule has 1 unspecified atom stereocenters. The molecule has 1 nitrogen and oxygen atoms in total. The van der Waals surface area contributed by atoms with E-state index >= 15 is 0 Å². The summed E-state index contributed by atoms with van der Waals surface area (Å²) in [5, 5.41) is 5.56. The summed E-state index contributed by atoms with van der Waals surface area (Å²) in [5.74, 6) is 0.435. The van der Waals surface area contributed by atoms with E-state index in [4.69, 9.17) is 0 Å². The zero-order valence-corrected chi connectivity index (χ0v) is 35.0. The third-order valence-electron chi connectivity index (χ3n) is 12.9. The van der Waals surface area contributed by atoms with Crippen molar-refractivity contribution in [2.24, 2.45) is 5.92 Å². The first-order valence-corrected chi connectivity index (χ1v) is 22.0. The average molecular weight is 772 g/mol. The lowest BCUT2D eigenvalue weighted by molar-refractivity contribution is 0.591. The Morgan fingerprint density at radius 3 is 2.14 bits per heavy atom. The van der Waals surface area contributed by atoms with E-state index in [-0.39, 0.29) is 10.8 Å². The van der Waals surface area contributed by atoms with Gasteiger partial charge in [-0.2, -0.15) is 0 Å². The molecule has 3 heteroatoms. The first-order valence-electron chi connectivity index (χ1n) is 20.3. The zero-order valence-electron chi connectivity index (χ0n) is 33.4. The fraction of sp³-hybridized carbons (Fsp3) is 0.185. The predicted octanol–water partition coefficient (Wildman–Crippen LogP) is 15.9. The average Bonchev–Trinajstić information content (AvgIpc) is 3.86. The van der Waals surface area contributed by atoms with Crippen LogP contribution in [-0.4, -0.2) is 5.25 Å². The van der Waals surface area contributed by atoms with E-state index in [1.165, 1.54) is 103 Å². The van der Waals surface area contributed by atoms with Crippen LogP contribution in [0.1, 0.15) is 69.4 Å². The molecule has 1 aromatic heterocycles. The van der Waals surface area contributed by atoms with Crippen molar-refractivity contribution < 1.29 is 0 Å². The topological polar surface area (TPSA) is 3.24 Å². The zero-order chi connectivity index (χ0) is 38.8. The molecule has 0 saturated carbocycles. The Bertz CT molecular complexity index is 3040. The van der Waals surface area contributed by atoms with Crippen LogP contribution in [0.25, 0.3) is 53.2 Å². The summed E-state index contributed by atoms with van der Waals surface area (Å²) < 4.78 is 2.66. The number of hydrogen-bond acceptors (Lipinski definition) is 3. The van der Waals surface area contributed by atoms with Crippen LogP contribution in [0.5, 0.6) is 0 Å². The SMILES string of the molecule is CC1C=CC(c2c(N(c3ccc4c(c3)-c3ccccc3C4(C)C)c3ccc4c(c3)sc3cc(C(C)(C)C)ccc34)ccc3ccccc23)=C2c3ccccc3S[C@H]21. The van der Waals surface area contributed by atoms with Gasteiger partial charge in [0.1, 0.15) is 0 Å². The predicted molar refractivity (Wildman–Crippen MR) is 249 cm³/mol. The van der Waals surface area contributed by atoms with Crippen molar-refractivity contribution >= 4 is 82.3 Å². The summed E-state index contributed by atoms with van der Waals surface area (Å²) >= 11 is 3.94. The van der Waals surface area contributed by atoms with E-state index in [2.05, 4.69) is 198 Å². The van der Waals surface area contributed by atoms with Gasteiger partial charge in [0, 0.05) is 52.7 Å². The molecule has 11 rings (SSSR count). The molecule has 3 aliphatic rings. The van der Waals surface area contributed by atoms with Gasteiger partial charge < -0.3 is 4.90 Å². The molecule has 0 amide bonds. The molecule has 2 atom stereocenters. The van der Waals surface area contributed by atoms with Crippen molar-refractivity contribution in [2.75, 3.05) is 4.90 Å². The minimum absolute atomic E-state index is 0.0656. The fourth-order valence-corrected chi connectivity index (χ4v) is 12.4. The van der Waals surface area contributed by atoms with Crippen molar-refractivity contribution in [3.8, 4) is 11.1 Å². The van der Waals surface area contributed by atoms with Crippen molar-refractivity contribution in [3.05, 3.63) is 179 Å². The molecule has 2 heterocycles. The molecule has 7 aromatic carbocycles. The maximum absolute atomic E-state index is 2.56. The van der Waals surface area contributed by atoms with Gasteiger partial charge in [-0.25, -0.2) is 0 Å². The van der Waals surface area contributed by atoms with Gasteiger partial charge >= 0.3 is 0 Å². The number of benzene rings is 7. The van der Waals surface area contributed by atoms with E-state index in [0.29, 0.717) is 11.2 Å². The highest BCUT2D eigenvalue weighted by Gasteiger charge is 2.38. The van der Waals surface area contributed by atoms with E-state index in [9.17, 15) is 0 Å². The van der Waals surface area contributed by atoms with Gasteiger partial charge in [0.05, 0.1) is 5.69 Å². The molecule has 0 fully saturated rings. The largest absolute Gasteiger partial charge is 0.310 e. The third kappa shape index (κ3) is 5.28. The molecule has 0 saturated heterocycles. The number of nitrogens with zero attached hydrogens (tertiary/aromatic N) is 1. The highest BCUT2D eigenvalue weighted by molar-refractivity contribution is 8.01. The lowest BCUT2D eigenvalue weighted by Crippen LogP contribution is -2.17. The smallest absolute Gasteiger partial charge is 0.0546 e. The maximum Gasteiger partial charge on any atom is 0.0546 e. The Hall–Kier alpha value is -5.35. The molecule has 0 N–H and O–H groups in total.